The molecule has 0 saturated carbocycles. The summed E-state index contributed by atoms with van der Waals surface area (Å²) < 4.78 is 0. The molecule has 8 heteroatoms. The molecule has 0 spiro atoms. The maximum Gasteiger partial charge on any atom is 0.277 e. The molecule has 0 N–H and O–H groups in total. The van der Waals surface area contributed by atoms with Crippen molar-refractivity contribution in [2.24, 2.45) is 0 Å². The van der Waals surface area contributed by atoms with Crippen molar-refractivity contribution in [2.75, 3.05) is 0 Å². The number of ketones is 1. The molecular weight excluding hydrogens is 314 g/mol. The summed E-state index contributed by atoms with van der Waals surface area (Å²) in [7, 11) is 0. The summed E-state index contributed by atoms with van der Waals surface area (Å²) in [6.07, 6.45) is 1.33. The molecule has 1 aliphatic carbocycles. The molecule has 2 aromatic carbocycles. The van der Waals surface area contributed by atoms with Crippen LogP contribution in [0, 0.1) is 20.2 Å². The zero-order chi connectivity index (χ0) is 17.0. The van der Waals surface area contributed by atoms with Gasteiger partial charge in [0.25, 0.3) is 11.4 Å². The van der Waals surface area contributed by atoms with Crippen LogP contribution in [0.15, 0.2) is 42.6 Å². The smallest absolute Gasteiger partial charge is 0.277 e. The molecule has 4 rings (SSSR count). The average Bonchev–Trinajstić information content (AvgIpc) is 2.58. The molecule has 0 bridgehead atoms. The highest BCUT2D eigenvalue weighted by atomic mass is 16.6. The van der Waals surface area contributed by atoms with Gasteiger partial charge in [-0.2, -0.15) is 0 Å². The van der Waals surface area contributed by atoms with Crippen molar-refractivity contribution in [3.63, 3.8) is 0 Å². The van der Waals surface area contributed by atoms with Gasteiger partial charge in [0.2, 0.25) is 5.78 Å². The van der Waals surface area contributed by atoms with E-state index in [-0.39, 0.29) is 22.6 Å². The predicted molar refractivity (Wildman–Crippen MR) is 83.9 cm³/mol. The number of carbonyl (C=O) groups is 1. The topological polar surface area (TPSA) is 116 Å². The zero-order valence-electron chi connectivity index (χ0n) is 11.9. The molecule has 0 aliphatic heterocycles. The van der Waals surface area contributed by atoms with Crippen LogP contribution in [-0.2, 0) is 0 Å². The second-order valence-corrected chi connectivity index (χ2v) is 5.29. The Morgan fingerprint density at radius 2 is 1.62 bits per heavy atom. The minimum Gasteiger partial charge on any atom is -0.287 e. The highest BCUT2D eigenvalue weighted by Crippen LogP contribution is 2.42. The number of aromatic nitrogens is 1. The van der Waals surface area contributed by atoms with Crippen molar-refractivity contribution in [3.8, 4) is 11.1 Å². The molecule has 0 fully saturated rings. The summed E-state index contributed by atoms with van der Waals surface area (Å²) in [6, 6.07) is 8.40. The van der Waals surface area contributed by atoms with Gasteiger partial charge in [-0.3, -0.25) is 30.0 Å². The highest BCUT2D eigenvalue weighted by Gasteiger charge is 2.30. The maximum atomic E-state index is 12.7. The van der Waals surface area contributed by atoms with Crippen LogP contribution in [0.1, 0.15) is 16.1 Å². The largest absolute Gasteiger partial charge is 0.287 e. The van der Waals surface area contributed by atoms with Gasteiger partial charge >= 0.3 is 0 Å². The fourth-order valence-corrected chi connectivity index (χ4v) is 3.04. The molecule has 1 aromatic heterocycles. The first-order valence-corrected chi connectivity index (χ1v) is 6.88. The molecule has 116 valence electrons. The highest BCUT2D eigenvalue weighted by molar-refractivity contribution is 6.25. The number of fused-ring (bicyclic) bond motifs is 2. The van der Waals surface area contributed by atoms with Crippen LogP contribution in [0.5, 0.6) is 0 Å². The van der Waals surface area contributed by atoms with Crippen molar-refractivity contribution in [1.82, 2.24) is 4.98 Å². The van der Waals surface area contributed by atoms with E-state index in [2.05, 4.69) is 4.98 Å². The van der Waals surface area contributed by atoms with Crippen LogP contribution < -0.4 is 0 Å². The Kier molecular flexibility index (Phi) is 2.71. The second-order valence-electron chi connectivity index (χ2n) is 5.29. The van der Waals surface area contributed by atoms with Gasteiger partial charge in [0.05, 0.1) is 15.2 Å². The molecular formula is C16H7N3O5. The number of rotatable bonds is 2. The summed E-state index contributed by atoms with van der Waals surface area (Å²) in [4.78, 5) is 37.8. The van der Waals surface area contributed by atoms with E-state index in [1.165, 1.54) is 36.5 Å². The van der Waals surface area contributed by atoms with Gasteiger partial charge in [-0.1, -0.05) is 0 Å². The molecule has 0 radical (unpaired) electrons. The quantitative estimate of drug-likeness (QED) is 0.413. The first-order chi connectivity index (χ1) is 11.5. The lowest BCUT2D eigenvalue weighted by Gasteiger charge is -2.18. The summed E-state index contributed by atoms with van der Waals surface area (Å²) in [5.74, 6) is -0.479. The molecule has 0 saturated heterocycles. The zero-order valence-corrected chi connectivity index (χ0v) is 11.9. The van der Waals surface area contributed by atoms with E-state index in [1.54, 1.807) is 6.07 Å². The fourth-order valence-electron chi connectivity index (χ4n) is 3.04. The Morgan fingerprint density at radius 3 is 2.33 bits per heavy atom. The number of nitro groups is 2. The van der Waals surface area contributed by atoms with Crippen molar-refractivity contribution in [1.29, 1.82) is 0 Å². The van der Waals surface area contributed by atoms with Gasteiger partial charge < -0.3 is 0 Å². The van der Waals surface area contributed by atoms with E-state index >= 15 is 0 Å². The van der Waals surface area contributed by atoms with Crippen molar-refractivity contribution in [3.05, 3.63) is 74.1 Å². The SMILES string of the molecule is O=C1c2cc([N+](=O)[O-])ccc2-c2ccc([N+](=O)[O-])c3ccnc1c23. The van der Waals surface area contributed by atoms with E-state index in [0.29, 0.717) is 21.9 Å². The number of nitrogens with zero attached hydrogens (tertiary/aromatic N) is 3. The van der Waals surface area contributed by atoms with Crippen LogP contribution in [0.25, 0.3) is 21.9 Å². The molecule has 0 unspecified atom stereocenters. The number of carbonyl (C=O) groups excluding carboxylic acids is 1. The second kappa shape index (κ2) is 4.66. The Hall–Kier alpha value is -3.68. The average molecular weight is 321 g/mol. The summed E-state index contributed by atoms with van der Waals surface area (Å²) in [5, 5.41) is 22.9. The summed E-state index contributed by atoms with van der Waals surface area (Å²) >= 11 is 0. The summed E-state index contributed by atoms with van der Waals surface area (Å²) in [5.41, 5.74) is 1.04. The van der Waals surface area contributed by atoms with E-state index in [4.69, 9.17) is 0 Å². The van der Waals surface area contributed by atoms with E-state index < -0.39 is 15.6 Å². The standard InChI is InChI=1S/C16H7N3O5/c20-16-12-7-8(18(21)22)1-2-9(12)10-3-4-13(19(23)24)11-5-6-17-15(16)14(10)11/h1-7H. The molecule has 1 heterocycles. The number of benzene rings is 2. The van der Waals surface area contributed by atoms with Gasteiger partial charge in [-0.05, 0) is 29.3 Å². The van der Waals surface area contributed by atoms with Crippen molar-refractivity contribution in [2.45, 2.75) is 0 Å². The predicted octanol–water partition coefficient (Wildman–Crippen LogP) is 3.26. The van der Waals surface area contributed by atoms with Crippen molar-refractivity contribution < 1.29 is 14.6 Å². The van der Waals surface area contributed by atoms with Gasteiger partial charge in [0.1, 0.15) is 5.69 Å². The molecule has 1 aliphatic rings. The summed E-state index contributed by atoms with van der Waals surface area (Å²) in [6.45, 7) is 0. The lowest BCUT2D eigenvalue weighted by molar-refractivity contribution is -0.384. The Morgan fingerprint density at radius 1 is 0.875 bits per heavy atom. The lowest BCUT2D eigenvalue weighted by atomic mass is 9.85. The number of pyridine rings is 1. The van der Waals surface area contributed by atoms with Gasteiger partial charge in [-0.25, -0.2) is 0 Å². The molecule has 24 heavy (non-hydrogen) atoms. The molecule has 3 aromatic rings. The van der Waals surface area contributed by atoms with Crippen LogP contribution in [0.3, 0.4) is 0 Å². The third-order valence-corrected chi connectivity index (χ3v) is 4.06. The molecule has 0 atom stereocenters. The first-order valence-electron chi connectivity index (χ1n) is 6.88. The van der Waals surface area contributed by atoms with E-state index in [9.17, 15) is 25.0 Å². The Balaban J connectivity index is 2.13. The molecule has 0 amide bonds. The Bertz CT molecular complexity index is 1090. The van der Waals surface area contributed by atoms with Crippen LogP contribution in [-0.4, -0.2) is 20.6 Å². The Labute approximate surface area is 133 Å². The number of hydrogen-bond donors (Lipinski definition) is 0. The van der Waals surface area contributed by atoms with Gasteiger partial charge in [0, 0.05) is 35.3 Å². The van der Waals surface area contributed by atoms with Gasteiger partial charge in [0.15, 0.2) is 0 Å². The third kappa shape index (κ3) is 1.73. The number of nitro benzene ring substituents is 2. The lowest BCUT2D eigenvalue weighted by Crippen LogP contribution is -2.12. The van der Waals surface area contributed by atoms with Crippen LogP contribution in [0.2, 0.25) is 0 Å². The molecule has 8 nitrogen and oxygen atoms in total. The van der Waals surface area contributed by atoms with Gasteiger partial charge in [-0.15, -0.1) is 0 Å². The maximum absolute atomic E-state index is 12.7. The van der Waals surface area contributed by atoms with E-state index in [0.717, 1.165) is 0 Å². The van der Waals surface area contributed by atoms with Crippen molar-refractivity contribution >= 4 is 27.9 Å². The number of non-ortho nitro benzene ring substituents is 2. The van der Waals surface area contributed by atoms with E-state index in [1.807, 2.05) is 0 Å². The first kappa shape index (κ1) is 13.9. The minimum atomic E-state index is -0.576. The van der Waals surface area contributed by atoms with Crippen LogP contribution >= 0.6 is 0 Å². The normalized spacial score (nSPS) is 12.1. The number of hydrogen-bond acceptors (Lipinski definition) is 6. The fraction of sp³-hybridized carbons (Fsp3) is 0. The third-order valence-electron chi connectivity index (χ3n) is 4.06. The van der Waals surface area contributed by atoms with Crippen LogP contribution in [0.4, 0.5) is 11.4 Å². The minimum absolute atomic E-state index is 0.0687. The monoisotopic (exact) mass is 321 g/mol.